The average molecular weight is 387 g/mol. The van der Waals surface area contributed by atoms with Crippen molar-refractivity contribution in [2.75, 3.05) is 11.9 Å². The molecule has 1 N–H and O–H groups in total. The van der Waals surface area contributed by atoms with Crippen molar-refractivity contribution in [1.82, 2.24) is 4.57 Å². The number of halogens is 1. The van der Waals surface area contributed by atoms with E-state index in [1.165, 1.54) is 0 Å². The highest BCUT2D eigenvalue weighted by atomic mass is 35.5. The molecule has 0 aliphatic carbocycles. The number of amides is 1. The molecule has 0 radical (unpaired) electrons. The largest absolute Gasteiger partial charge is 0.467 e. The van der Waals surface area contributed by atoms with Crippen LogP contribution in [0.4, 0.5) is 5.69 Å². The molecule has 0 unspecified atom stereocenters. The van der Waals surface area contributed by atoms with Crippen LogP contribution < -0.4 is 5.32 Å². The Hall–Kier alpha value is -2.99. The Morgan fingerprint density at radius 1 is 1.19 bits per heavy atom. The minimum absolute atomic E-state index is 0.397. The highest BCUT2D eigenvalue weighted by Gasteiger charge is 2.19. The van der Waals surface area contributed by atoms with Crippen LogP contribution in [0.25, 0.3) is 0 Å². The maximum absolute atomic E-state index is 12.4. The van der Waals surface area contributed by atoms with Gasteiger partial charge in [0.2, 0.25) is 0 Å². The van der Waals surface area contributed by atoms with Crippen molar-refractivity contribution in [3.63, 3.8) is 0 Å². The van der Waals surface area contributed by atoms with Crippen molar-refractivity contribution in [3.8, 4) is 0 Å². The molecular weight excluding hydrogens is 368 g/mol. The second kappa shape index (κ2) is 8.14. The third-order valence-corrected chi connectivity index (χ3v) is 4.50. The molecule has 0 aliphatic rings. The predicted molar refractivity (Wildman–Crippen MR) is 102 cm³/mol. The first-order valence-corrected chi connectivity index (χ1v) is 8.74. The molecule has 3 rings (SSSR count). The van der Waals surface area contributed by atoms with E-state index in [2.05, 4.69) is 5.32 Å². The molecule has 27 heavy (non-hydrogen) atoms. The Bertz CT molecular complexity index is 961. The van der Waals surface area contributed by atoms with Gasteiger partial charge in [-0.1, -0.05) is 23.7 Å². The number of nitrogens with zero attached hydrogens (tertiary/aromatic N) is 1. The van der Waals surface area contributed by atoms with Crippen molar-refractivity contribution in [1.29, 1.82) is 0 Å². The first-order chi connectivity index (χ1) is 13.0. The summed E-state index contributed by atoms with van der Waals surface area (Å²) in [6.45, 7) is 3.85. The van der Waals surface area contributed by atoms with E-state index in [0.29, 0.717) is 22.8 Å². The fourth-order valence-corrected chi connectivity index (χ4v) is 2.95. The van der Waals surface area contributed by atoms with Gasteiger partial charge in [0.25, 0.3) is 5.91 Å². The summed E-state index contributed by atoms with van der Waals surface area (Å²) >= 11 is 5.99. The normalized spacial score (nSPS) is 10.6. The van der Waals surface area contributed by atoms with Crippen LogP contribution in [0, 0.1) is 13.8 Å². The molecule has 0 spiro atoms. The zero-order valence-corrected chi connectivity index (χ0v) is 15.7. The fourth-order valence-electron chi connectivity index (χ4n) is 2.77. The van der Waals surface area contributed by atoms with E-state index in [1.54, 1.807) is 36.6 Å². The average Bonchev–Trinajstić information content (AvgIpc) is 3.25. The zero-order chi connectivity index (χ0) is 19.4. The van der Waals surface area contributed by atoms with Gasteiger partial charge in [-0.25, -0.2) is 4.79 Å². The number of nitrogens with one attached hydrogen (secondary N) is 1. The molecule has 0 saturated carbocycles. The number of aryl methyl sites for hydroxylation is 1. The monoisotopic (exact) mass is 386 g/mol. The topological polar surface area (TPSA) is 73.5 Å². The van der Waals surface area contributed by atoms with Gasteiger partial charge in [-0.3, -0.25) is 4.79 Å². The third kappa shape index (κ3) is 4.41. The maximum Gasteiger partial charge on any atom is 0.340 e. The van der Waals surface area contributed by atoms with E-state index in [-0.39, 0.29) is 0 Å². The molecule has 7 heteroatoms. The minimum atomic E-state index is -0.553. The second-order valence-electron chi connectivity index (χ2n) is 6.05. The molecule has 1 amide bonds. The van der Waals surface area contributed by atoms with Crippen molar-refractivity contribution in [2.45, 2.75) is 20.4 Å². The summed E-state index contributed by atoms with van der Waals surface area (Å²) in [4.78, 5) is 24.4. The Labute approximate surface area is 161 Å². The third-order valence-electron chi connectivity index (χ3n) is 4.17. The number of anilines is 1. The highest BCUT2D eigenvalue weighted by molar-refractivity contribution is 6.33. The summed E-state index contributed by atoms with van der Waals surface area (Å²) in [5.74, 6) is -0.222. The fraction of sp³-hybridized carbons (Fsp3) is 0.200. The molecule has 6 nitrogen and oxygen atoms in total. The van der Waals surface area contributed by atoms with Crippen LogP contribution in [-0.2, 0) is 16.1 Å². The summed E-state index contributed by atoms with van der Waals surface area (Å²) in [6, 6.07) is 12.3. The smallest absolute Gasteiger partial charge is 0.340 e. The van der Waals surface area contributed by atoms with Crippen LogP contribution in [0.1, 0.15) is 27.5 Å². The molecule has 0 aliphatic heterocycles. The Morgan fingerprint density at radius 2 is 1.96 bits per heavy atom. The summed E-state index contributed by atoms with van der Waals surface area (Å²) in [6.07, 6.45) is 1.61. The first kappa shape index (κ1) is 18.8. The quantitative estimate of drug-likeness (QED) is 0.644. The number of benzene rings is 1. The molecule has 0 saturated heterocycles. The molecule has 0 atom stereocenters. The second-order valence-corrected chi connectivity index (χ2v) is 6.46. The van der Waals surface area contributed by atoms with Gasteiger partial charge in [-0.05, 0) is 44.2 Å². The summed E-state index contributed by atoms with van der Waals surface area (Å²) in [5, 5.41) is 3.03. The van der Waals surface area contributed by atoms with Crippen LogP contribution in [0.2, 0.25) is 5.02 Å². The Kier molecular flexibility index (Phi) is 5.66. The number of hydrogen-bond donors (Lipinski definition) is 1. The maximum atomic E-state index is 12.4. The van der Waals surface area contributed by atoms with E-state index >= 15 is 0 Å². The van der Waals surface area contributed by atoms with Crippen molar-refractivity contribution < 1.29 is 18.7 Å². The Morgan fingerprint density at radius 3 is 2.67 bits per heavy atom. The van der Waals surface area contributed by atoms with Gasteiger partial charge in [-0.2, -0.15) is 0 Å². The molecule has 2 aromatic heterocycles. The van der Waals surface area contributed by atoms with E-state index in [1.807, 2.05) is 30.5 Å². The van der Waals surface area contributed by atoms with Gasteiger partial charge in [0.1, 0.15) is 5.76 Å². The molecule has 1 aromatic carbocycles. The van der Waals surface area contributed by atoms with Crippen LogP contribution >= 0.6 is 11.6 Å². The molecule has 3 aromatic rings. The van der Waals surface area contributed by atoms with E-state index in [9.17, 15) is 9.59 Å². The highest BCUT2D eigenvalue weighted by Crippen LogP contribution is 2.21. The number of ether oxygens (including phenoxy) is 1. The van der Waals surface area contributed by atoms with Gasteiger partial charge in [0.05, 0.1) is 29.1 Å². The summed E-state index contributed by atoms with van der Waals surface area (Å²) in [5.41, 5.74) is 2.54. The van der Waals surface area contributed by atoms with Crippen LogP contribution in [0.5, 0.6) is 0 Å². The standard InChI is InChI=1S/C20H19ClN2O4/c1-13-10-16(14(2)23(13)11-15-6-5-9-26-15)20(25)27-12-19(24)22-18-8-4-3-7-17(18)21/h3-10H,11-12H2,1-2H3,(H,22,24). The van der Waals surface area contributed by atoms with Gasteiger partial charge in [0.15, 0.2) is 6.61 Å². The van der Waals surface area contributed by atoms with Crippen molar-refractivity contribution in [3.05, 3.63) is 76.5 Å². The predicted octanol–water partition coefficient (Wildman–Crippen LogP) is 4.20. The van der Waals surface area contributed by atoms with Crippen LogP contribution in [0.3, 0.4) is 0 Å². The number of esters is 1. The molecule has 0 fully saturated rings. The number of carbonyl (C=O) groups is 2. The lowest BCUT2D eigenvalue weighted by atomic mass is 10.2. The summed E-state index contributed by atoms with van der Waals surface area (Å²) < 4.78 is 12.5. The lowest BCUT2D eigenvalue weighted by Crippen LogP contribution is -2.21. The molecule has 2 heterocycles. The number of furan rings is 1. The lowest BCUT2D eigenvalue weighted by Gasteiger charge is -2.09. The number of para-hydroxylation sites is 1. The number of carbonyl (C=O) groups excluding carboxylic acids is 2. The first-order valence-electron chi connectivity index (χ1n) is 8.36. The number of hydrogen-bond acceptors (Lipinski definition) is 4. The van der Waals surface area contributed by atoms with Crippen molar-refractivity contribution in [2.24, 2.45) is 0 Å². The minimum Gasteiger partial charge on any atom is -0.467 e. The van der Waals surface area contributed by atoms with E-state index < -0.39 is 18.5 Å². The van der Waals surface area contributed by atoms with Gasteiger partial charge < -0.3 is 19.0 Å². The molecule has 0 bridgehead atoms. The number of rotatable bonds is 6. The zero-order valence-electron chi connectivity index (χ0n) is 15.0. The number of aromatic nitrogens is 1. The molecule has 140 valence electrons. The van der Waals surface area contributed by atoms with Gasteiger partial charge in [0, 0.05) is 11.4 Å². The van der Waals surface area contributed by atoms with E-state index in [4.69, 9.17) is 20.8 Å². The van der Waals surface area contributed by atoms with Gasteiger partial charge >= 0.3 is 5.97 Å². The van der Waals surface area contributed by atoms with Crippen molar-refractivity contribution >= 4 is 29.2 Å². The summed E-state index contributed by atoms with van der Waals surface area (Å²) in [7, 11) is 0. The molecular formula is C20H19ClN2O4. The van der Waals surface area contributed by atoms with Crippen LogP contribution in [0.15, 0.2) is 53.1 Å². The van der Waals surface area contributed by atoms with Crippen LogP contribution in [-0.4, -0.2) is 23.1 Å². The lowest BCUT2D eigenvalue weighted by molar-refractivity contribution is -0.119. The SMILES string of the molecule is Cc1cc(C(=O)OCC(=O)Nc2ccccc2Cl)c(C)n1Cc1ccco1. The van der Waals surface area contributed by atoms with Gasteiger partial charge in [-0.15, -0.1) is 0 Å². The Balaban J connectivity index is 1.63. The van der Waals surface area contributed by atoms with E-state index in [0.717, 1.165) is 17.1 Å².